The molecule has 0 radical (unpaired) electrons. The van der Waals surface area contributed by atoms with E-state index in [1.807, 2.05) is 0 Å². The second-order valence-electron chi connectivity index (χ2n) is 3.08. The number of hydrogen-bond acceptors (Lipinski definition) is 6. The number of rotatable bonds is 1. The number of nitrogens with two attached hydrogens (primary N) is 1. The fraction of sp³-hybridized carbons (Fsp3) is 0.300. The molecule has 0 aliphatic carbocycles. The molecule has 0 saturated heterocycles. The van der Waals surface area contributed by atoms with Crippen molar-refractivity contribution in [3.05, 3.63) is 22.6 Å². The molecule has 0 aromatic carbocycles. The minimum atomic E-state index is -1.37. The number of methoxy groups -OCH3 is 1. The first-order valence-electron chi connectivity index (χ1n) is 4.23. The second-order valence-corrected chi connectivity index (χ2v) is 3.08. The molecule has 1 aliphatic heterocycles. The molecular weight excluding hydrogens is 208 g/mol. The molecule has 0 aromatic heterocycles. The van der Waals surface area contributed by atoms with E-state index in [4.69, 9.17) is 31.0 Å². The highest BCUT2D eigenvalue weighted by atomic mass is 16.7. The Morgan fingerprint density at radius 2 is 1.94 bits per heavy atom. The molecule has 1 atom stereocenters. The predicted octanol–water partition coefficient (Wildman–Crippen LogP) is 0.417. The van der Waals surface area contributed by atoms with Crippen molar-refractivity contribution in [2.45, 2.75) is 12.7 Å². The van der Waals surface area contributed by atoms with Gasteiger partial charge < -0.3 is 15.2 Å². The molecule has 80 valence electrons. The van der Waals surface area contributed by atoms with Crippen LogP contribution in [0.4, 0.5) is 0 Å². The molecule has 0 bridgehead atoms. The van der Waals surface area contributed by atoms with Crippen LogP contribution < -0.4 is 5.73 Å². The van der Waals surface area contributed by atoms with Crippen LogP contribution in [-0.2, 0) is 9.47 Å². The SMILES string of the molecule is COC1(C)OC(N)=C(C#N)C1=C(C#N)C#N. The first kappa shape index (κ1) is 11.6. The summed E-state index contributed by atoms with van der Waals surface area (Å²) in [6.45, 7) is 1.48. The number of hydrogen-bond donors (Lipinski definition) is 1. The summed E-state index contributed by atoms with van der Waals surface area (Å²) in [5, 5.41) is 26.5. The Bertz CT molecular complexity index is 496. The number of allylic oxidation sites excluding steroid dienone is 1. The lowest BCUT2D eigenvalue weighted by Gasteiger charge is -2.23. The molecule has 1 heterocycles. The minimum absolute atomic E-state index is 0.0394. The Labute approximate surface area is 92.4 Å². The van der Waals surface area contributed by atoms with Crippen LogP contribution >= 0.6 is 0 Å². The summed E-state index contributed by atoms with van der Waals surface area (Å²) >= 11 is 0. The van der Waals surface area contributed by atoms with Crippen LogP contribution in [0.15, 0.2) is 22.6 Å². The molecular formula is C10H8N4O2. The number of ether oxygens (including phenoxy) is 2. The average Bonchev–Trinajstić information content (AvgIpc) is 2.53. The quantitative estimate of drug-likeness (QED) is 0.635. The highest BCUT2D eigenvalue weighted by Crippen LogP contribution is 2.39. The molecule has 0 amide bonds. The zero-order valence-corrected chi connectivity index (χ0v) is 8.74. The monoisotopic (exact) mass is 216 g/mol. The summed E-state index contributed by atoms with van der Waals surface area (Å²) < 4.78 is 10.2. The highest BCUT2D eigenvalue weighted by molar-refractivity contribution is 5.59. The second kappa shape index (κ2) is 3.94. The Hall–Kier alpha value is -2.49. The lowest BCUT2D eigenvalue weighted by Crippen LogP contribution is -2.30. The van der Waals surface area contributed by atoms with Crippen molar-refractivity contribution in [2.24, 2.45) is 5.73 Å². The van der Waals surface area contributed by atoms with E-state index in [2.05, 4.69) is 0 Å². The topological polar surface area (TPSA) is 116 Å². The molecule has 1 unspecified atom stereocenters. The van der Waals surface area contributed by atoms with Crippen LogP contribution in [0.2, 0.25) is 0 Å². The molecule has 0 saturated carbocycles. The van der Waals surface area contributed by atoms with E-state index in [-0.39, 0.29) is 22.6 Å². The van der Waals surface area contributed by atoms with E-state index >= 15 is 0 Å². The van der Waals surface area contributed by atoms with E-state index in [1.54, 1.807) is 18.2 Å². The van der Waals surface area contributed by atoms with Gasteiger partial charge in [-0.2, -0.15) is 15.8 Å². The van der Waals surface area contributed by atoms with Crippen LogP contribution in [0.25, 0.3) is 0 Å². The van der Waals surface area contributed by atoms with Gasteiger partial charge in [-0.1, -0.05) is 0 Å². The Morgan fingerprint density at radius 3 is 2.31 bits per heavy atom. The summed E-state index contributed by atoms with van der Waals surface area (Å²) in [6, 6.07) is 5.16. The van der Waals surface area contributed by atoms with E-state index < -0.39 is 5.79 Å². The standard InChI is InChI=1S/C10H8N4O2/c1-10(15-2)8(6(3-11)4-12)7(5-13)9(14)16-10/h14H2,1-2H3. The van der Waals surface area contributed by atoms with Gasteiger partial charge in [0.25, 0.3) is 0 Å². The fourth-order valence-corrected chi connectivity index (χ4v) is 1.41. The lowest BCUT2D eigenvalue weighted by atomic mass is 9.97. The number of nitrogens with zero attached hydrogens (tertiary/aromatic N) is 3. The van der Waals surface area contributed by atoms with E-state index in [9.17, 15) is 0 Å². The number of nitriles is 3. The molecule has 0 fully saturated rings. The maximum Gasteiger partial charge on any atom is 0.239 e. The Balaban J connectivity index is 3.55. The zero-order chi connectivity index (χ0) is 12.3. The average molecular weight is 216 g/mol. The highest BCUT2D eigenvalue weighted by Gasteiger charge is 2.44. The van der Waals surface area contributed by atoms with Gasteiger partial charge in [0, 0.05) is 14.0 Å². The van der Waals surface area contributed by atoms with Crippen molar-refractivity contribution in [3.8, 4) is 18.2 Å². The van der Waals surface area contributed by atoms with Crippen molar-refractivity contribution in [1.82, 2.24) is 0 Å². The molecule has 6 heteroatoms. The molecule has 0 aromatic rings. The Kier molecular flexibility index (Phi) is 2.85. The van der Waals surface area contributed by atoms with Crippen molar-refractivity contribution in [2.75, 3.05) is 7.11 Å². The largest absolute Gasteiger partial charge is 0.442 e. The molecule has 16 heavy (non-hydrogen) atoms. The van der Waals surface area contributed by atoms with E-state index in [0.717, 1.165) is 0 Å². The summed E-state index contributed by atoms with van der Waals surface area (Å²) in [6.07, 6.45) is 0. The molecule has 0 spiro atoms. The summed E-state index contributed by atoms with van der Waals surface area (Å²) in [5.41, 5.74) is 5.26. The molecule has 1 rings (SSSR count). The van der Waals surface area contributed by atoms with Crippen LogP contribution in [-0.4, -0.2) is 12.9 Å². The van der Waals surface area contributed by atoms with Gasteiger partial charge in [-0.25, -0.2) is 0 Å². The zero-order valence-electron chi connectivity index (χ0n) is 8.74. The van der Waals surface area contributed by atoms with Crippen LogP contribution in [0.5, 0.6) is 0 Å². The van der Waals surface area contributed by atoms with Gasteiger partial charge in [0.2, 0.25) is 11.7 Å². The third-order valence-corrected chi connectivity index (χ3v) is 2.23. The van der Waals surface area contributed by atoms with E-state index in [1.165, 1.54) is 14.0 Å². The van der Waals surface area contributed by atoms with Gasteiger partial charge in [0.05, 0.1) is 5.57 Å². The molecule has 1 aliphatic rings. The maximum atomic E-state index is 8.90. The predicted molar refractivity (Wildman–Crippen MR) is 51.6 cm³/mol. The minimum Gasteiger partial charge on any atom is -0.442 e. The van der Waals surface area contributed by atoms with Gasteiger partial charge in [0.1, 0.15) is 29.4 Å². The van der Waals surface area contributed by atoms with Gasteiger partial charge in [-0.3, -0.25) is 0 Å². The van der Waals surface area contributed by atoms with Crippen LogP contribution in [0.3, 0.4) is 0 Å². The van der Waals surface area contributed by atoms with Crippen LogP contribution in [0, 0.1) is 34.0 Å². The van der Waals surface area contributed by atoms with Crippen LogP contribution in [0.1, 0.15) is 6.92 Å². The van der Waals surface area contributed by atoms with Gasteiger partial charge in [-0.15, -0.1) is 0 Å². The van der Waals surface area contributed by atoms with Crippen molar-refractivity contribution in [1.29, 1.82) is 15.8 Å². The Morgan fingerprint density at radius 1 is 1.38 bits per heavy atom. The summed E-state index contributed by atoms with van der Waals surface area (Å²) in [4.78, 5) is 0. The first-order chi connectivity index (χ1) is 7.53. The van der Waals surface area contributed by atoms with E-state index in [0.29, 0.717) is 0 Å². The smallest absolute Gasteiger partial charge is 0.239 e. The fourth-order valence-electron chi connectivity index (χ4n) is 1.41. The van der Waals surface area contributed by atoms with Crippen molar-refractivity contribution in [3.63, 3.8) is 0 Å². The summed E-state index contributed by atoms with van der Waals surface area (Å²) in [5.74, 6) is -1.51. The first-order valence-corrected chi connectivity index (χ1v) is 4.23. The molecule has 6 nitrogen and oxygen atoms in total. The maximum absolute atomic E-state index is 8.90. The molecule has 2 N–H and O–H groups in total. The van der Waals surface area contributed by atoms with Crippen molar-refractivity contribution < 1.29 is 9.47 Å². The van der Waals surface area contributed by atoms with Gasteiger partial charge in [-0.05, 0) is 0 Å². The lowest BCUT2D eigenvalue weighted by molar-refractivity contribution is -0.145. The van der Waals surface area contributed by atoms with Gasteiger partial charge in [0.15, 0.2) is 0 Å². The summed E-state index contributed by atoms with van der Waals surface area (Å²) in [7, 11) is 1.33. The normalized spacial score (nSPS) is 23.1. The van der Waals surface area contributed by atoms with Gasteiger partial charge >= 0.3 is 0 Å². The van der Waals surface area contributed by atoms with Crippen molar-refractivity contribution >= 4 is 0 Å². The third kappa shape index (κ3) is 1.46. The third-order valence-electron chi connectivity index (χ3n) is 2.23.